The SMILES string of the molecule is Cc1ccc(C(N)c2cccc(F)c2F)cn1. The summed E-state index contributed by atoms with van der Waals surface area (Å²) in [5.41, 5.74) is 7.52. The van der Waals surface area contributed by atoms with E-state index < -0.39 is 17.7 Å². The molecule has 17 heavy (non-hydrogen) atoms. The molecule has 2 N–H and O–H groups in total. The molecule has 0 radical (unpaired) electrons. The van der Waals surface area contributed by atoms with Crippen LogP contribution in [0.2, 0.25) is 0 Å². The van der Waals surface area contributed by atoms with Gasteiger partial charge in [-0.2, -0.15) is 0 Å². The van der Waals surface area contributed by atoms with Crippen LogP contribution < -0.4 is 5.73 Å². The Labute approximate surface area is 98.1 Å². The summed E-state index contributed by atoms with van der Waals surface area (Å²) in [6.07, 6.45) is 1.57. The molecule has 0 saturated carbocycles. The largest absolute Gasteiger partial charge is 0.320 e. The lowest BCUT2D eigenvalue weighted by Gasteiger charge is -2.13. The molecule has 0 fully saturated rings. The first-order valence-corrected chi connectivity index (χ1v) is 5.21. The normalized spacial score (nSPS) is 12.5. The van der Waals surface area contributed by atoms with Crippen LogP contribution in [0.15, 0.2) is 36.5 Å². The molecule has 0 spiro atoms. The van der Waals surface area contributed by atoms with Crippen LogP contribution in [0, 0.1) is 18.6 Å². The van der Waals surface area contributed by atoms with Gasteiger partial charge in [0.25, 0.3) is 0 Å². The number of halogens is 2. The summed E-state index contributed by atoms with van der Waals surface area (Å²) in [7, 11) is 0. The molecule has 0 aliphatic rings. The Morgan fingerprint density at radius 2 is 1.94 bits per heavy atom. The lowest BCUT2D eigenvalue weighted by molar-refractivity contribution is 0.494. The average molecular weight is 234 g/mol. The minimum atomic E-state index is -0.902. The summed E-state index contributed by atoms with van der Waals surface area (Å²) in [4.78, 5) is 4.08. The molecule has 2 aromatic rings. The monoisotopic (exact) mass is 234 g/mol. The fourth-order valence-electron chi connectivity index (χ4n) is 1.60. The Morgan fingerprint density at radius 3 is 2.59 bits per heavy atom. The zero-order valence-electron chi connectivity index (χ0n) is 9.32. The van der Waals surface area contributed by atoms with Gasteiger partial charge in [0, 0.05) is 17.5 Å². The molecule has 1 heterocycles. The second-order valence-electron chi connectivity index (χ2n) is 3.85. The lowest BCUT2D eigenvalue weighted by Crippen LogP contribution is -2.14. The van der Waals surface area contributed by atoms with Crippen LogP contribution in [0.4, 0.5) is 8.78 Å². The van der Waals surface area contributed by atoms with Crippen molar-refractivity contribution in [2.45, 2.75) is 13.0 Å². The van der Waals surface area contributed by atoms with Crippen LogP contribution in [0.5, 0.6) is 0 Å². The van der Waals surface area contributed by atoms with E-state index in [2.05, 4.69) is 4.98 Å². The van der Waals surface area contributed by atoms with Gasteiger partial charge in [-0.15, -0.1) is 0 Å². The van der Waals surface area contributed by atoms with E-state index in [9.17, 15) is 8.78 Å². The molecule has 1 aromatic carbocycles. The number of aromatic nitrogens is 1. The molecular weight excluding hydrogens is 222 g/mol. The minimum absolute atomic E-state index is 0.135. The van der Waals surface area contributed by atoms with Gasteiger partial charge < -0.3 is 5.73 Å². The van der Waals surface area contributed by atoms with Crippen molar-refractivity contribution in [3.63, 3.8) is 0 Å². The van der Waals surface area contributed by atoms with Crippen LogP contribution in [-0.2, 0) is 0 Å². The number of hydrogen-bond donors (Lipinski definition) is 1. The molecule has 1 atom stereocenters. The van der Waals surface area contributed by atoms with Crippen molar-refractivity contribution in [2.75, 3.05) is 0 Å². The third kappa shape index (κ3) is 2.31. The standard InChI is InChI=1S/C13H12F2N2/c1-8-5-6-9(7-17-8)13(16)10-3-2-4-11(14)12(10)15/h2-7,13H,16H2,1H3. The molecule has 0 bridgehead atoms. The van der Waals surface area contributed by atoms with E-state index >= 15 is 0 Å². The van der Waals surface area contributed by atoms with E-state index in [0.29, 0.717) is 5.56 Å². The van der Waals surface area contributed by atoms with Gasteiger partial charge in [0.05, 0.1) is 6.04 Å². The topological polar surface area (TPSA) is 38.9 Å². The van der Waals surface area contributed by atoms with Crippen molar-refractivity contribution in [1.82, 2.24) is 4.98 Å². The summed E-state index contributed by atoms with van der Waals surface area (Å²) in [5.74, 6) is -1.79. The van der Waals surface area contributed by atoms with E-state index in [0.717, 1.165) is 11.8 Å². The molecule has 4 heteroatoms. The summed E-state index contributed by atoms with van der Waals surface area (Å²) >= 11 is 0. The first-order chi connectivity index (χ1) is 8.09. The fourth-order valence-corrected chi connectivity index (χ4v) is 1.60. The van der Waals surface area contributed by atoms with Crippen molar-refractivity contribution < 1.29 is 8.78 Å². The number of nitrogens with two attached hydrogens (primary N) is 1. The Balaban J connectivity index is 2.40. The Kier molecular flexibility index (Phi) is 3.15. The maximum atomic E-state index is 13.5. The van der Waals surface area contributed by atoms with Crippen molar-refractivity contribution in [2.24, 2.45) is 5.73 Å². The maximum Gasteiger partial charge on any atom is 0.163 e. The van der Waals surface area contributed by atoms with E-state index in [1.165, 1.54) is 12.1 Å². The predicted molar refractivity (Wildman–Crippen MR) is 61.4 cm³/mol. The highest BCUT2D eigenvalue weighted by Gasteiger charge is 2.16. The Hall–Kier alpha value is -1.81. The highest BCUT2D eigenvalue weighted by Crippen LogP contribution is 2.23. The van der Waals surface area contributed by atoms with Crippen LogP contribution in [0.25, 0.3) is 0 Å². The molecular formula is C13H12F2N2. The predicted octanol–water partition coefficient (Wildman–Crippen LogP) is 2.72. The highest BCUT2D eigenvalue weighted by atomic mass is 19.2. The van der Waals surface area contributed by atoms with E-state index in [1.54, 1.807) is 18.3 Å². The smallest absolute Gasteiger partial charge is 0.163 e. The van der Waals surface area contributed by atoms with Crippen LogP contribution in [0.3, 0.4) is 0 Å². The van der Waals surface area contributed by atoms with Gasteiger partial charge in [0.15, 0.2) is 11.6 Å². The van der Waals surface area contributed by atoms with Gasteiger partial charge in [-0.05, 0) is 24.6 Å². The molecule has 2 nitrogen and oxygen atoms in total. The van der Waals surface area contributed by atoms with Crippen LogP contribution in [-0.4, -0.2) is 4.98 Å². The zero-order chi connectivity index (χ0) is 12.4. The molecule has 2 rings (SSSR count). The van der Waals surface area contributed by atoms with Crippen LogP contribution >= 0.6 is 0 Å². The second kappa shape index (κ2) is 4.59. The molecule has 88 valence electrons. The highest BCUT2D eigenvalue weighted by molar-refractivity contribution is 5.31. The van der Waals surface area contributed by atoms with E-state index in [4.69, 9.17) is 5.73 Å². The van der Waals surface area contributed by atoms with Crippen molar-refractivity contribution in [1.29, 1.82) is 0 Å². The number of rotatable bonds is 2. The van der Waals surface area contributed by atoms with Gasteiger partial charge in [-0.3, -0.25) is 4.98 Å². The molecule has 0 aliphatic carbocycles. The summed E-state index contributed by atoms with van der Waals surface area (Å²) in [6.45, 7) is 1.85. The van der Waals surface area contributed by atoms with Gasteiger partial charge >= 0.3 is 0 Å². The minimum Gasteiger partial charge on any atom is -0.320 e. The van der Waals surface area contributed by atoms with E-state index in [-0.39, 0.29) is 5.56 Å². The second-order valence-corrected chi connectivity index (χ2v) is 3.85. The number of aryl methyl sites for hydroxylation is 1. The van der Waals surface area contributed by atoms with Gasteiger partial charge in [-0.1, -0.05) is 18.2 Å². The Bertz CT molecular complexity index is 523. The van der Waals surface area contributed by atoms with Crippen molar-refractivity contribution in [3.05, 3.63) is 65.0 Å². The van der Waals surface area contributed by atoms with Crippen LogP contribution in [0.1, 0.15) is 22.9 Å². The Morgan fingerprint density at radius 1 is 1.18 bits per heavy atom. The number of nitrogens with zero attached hydrogens (tertiary/aromatic N) is 1. The third-order valence-corrected chi connectivity index (χ3v) is 2.61. The first kappa shape index (κ1) is 11.7. The maximum absolute atomic E-state index is 13.5. The third-order valence-electron chi connectivity index (χ3n) is 2.61. The first-order valence-electron chi connectivity index (χ1n) is 5.21. The molecule has 0 aliphatic heterocycles. The number of hydrogen-bond acceptors (Lipinski definition) is 2. The molecule has 0 amide bonds. The molecule has 0 saturated heterocycles. The number of benzene rings is 1. The zero-order valence-corrected chi connectivity index (χ0v) is 9.32. The molecule has 1 unspecified atom stereocenters. The van der Waals surface area contributed by atoms with Crippen molar-refractivity contribution in [3.8, 4) is 0 Å². The number of pyridine rings is 1. The summed E-state index contributed by atoms with van der Waals surface area (Å²) in [6, 6.07) is 6.82. The summed E-state index contributed by atoms with van der Waals surface area (Å²) < 4.78 is 26.6. The average Bonchev–Trinajstić information content (AvgIpc) is 2.33. The van der Waals surface area contributed by atoms with Gasteiger partial charge in [0.2, 0.25) is 0 Å². The van der Waals surface area contributed by atoms with Crippen molar-refractivity contribution >= 4 is 0 Å². The molecule has 1 aromatic heterocycles. The fraction of sp³-hybridized carbons (Fsp3) is 0.154. The summed E-state index contributed by atoms with van der Waals surface area (Å²) in [5, 5.41) is 0. The quantitative estimate of drug-likeness (QED) is 0.867. The lowest BCUT2D eigenvalue weighted by atomic mass is 10.0. The van der Waals surface area contributed by atoms with Gasteiger partial charge in [0.1, 0.15) is 0 Å². The van der Waals surface area contributed by atoms with Gasteiger partial charge in [-0.25, -0.2) is 8.78 Å². The van der Waals surface area contributed by atoms with E-state index in [1.807, 2.05) is 6.92 Å².